The highest BCUT2D eigenvalue weighted by Crippen LogP contribution is 2.26. The number of hydrogen-bond donors (Lipinski definition) is 3. The summed E-state index contributed by atoms with van der Waals surface area (Å²) in [4.78, 5) is 0. The second-order valence-electron chi connectivity index (χ2n) is 4.38. The standard InChI is InChI=1S/C12H16ClNO3/c13-10-3-1-2-9(11(10)15)6-14-7-12(16)4-5-17-8-12/h1-3,14-16H,4-8H2. The number of phenolic OH excluding ortho intramolecular Hbond substituents is 1. The number of hydrogen-bond acceptors (Lipinski definition) is 4. The number of aromatic hydroxyl groups is 1. The molecule has 0 saturated carbocycles. The lowest BCUT2D eigenvalue weighted by molar-refractivity contribution is 0.0268. The minimum absolute atomic E-state index is 0.0938. The Bertz CT molecular complexity index is 391. The predicted octanol–water partition coefficient (Wildman–Crippen LogP) is 1.29. The highest BCUT2D eigenvalue weighted by atomic mass is 35.5. The molecule has 1 fully saturated rings. The van der Waals surface area contributed by atoms with Crippen LogP contribution in [-0.4, -0.2) is 35.6 Å². The first-order valence-corrected chi connectivity index (χ1v) is 5.96. The van der Waals surface area contributed by atoms with Gasteiger partial charge in [-0.05, 0) is 6.07 Å². The Labute approximate surface area is 105 Å². The van der Waals surface area contributed by atoms with Gasteiger partial charge in [0, 0.05) is 31.7 Å². The molecule has 5 heteroatoms. The van der Waals surface area contributed by atoms with Crippen molar-refractivity contribution in [3.63, 3.8) is 0 Å². The average molecular weight is 258 g/mol. The zero-order valence-electron chi connectivity index (χ0n) is 9.45. The molecular weight excluding hydrogens is 242 g/mol. The summed E-state index contributed by atoms with van der Waals surface area (Å²) in [6.07, 6.45) is 0.640. The molecule has 0 radical (unpaired) electrons. The summed E-state index contributed by atoms with van der Waals surface area (Å²) in [6.45, 7) is 1.87. The van der Waals surface area contributed by atoms with Gasteiger partial charge in [-0.25, -0.2) is 0 Å². The summed E-state index contributed by atoms with van der Waals surface area (Å²) in [6, 6.07) is 5.22. The largest absolute Gasteiger partial charge is 0.506 e. The number of rotatable bonds is 4. The zero-order valence-corrected chi connectivity index (χ0v) is 10.2. The number of para-hydroxylation sites is 1. The summed E-state index contributed by atoms with van der Waals surface area (Å²) in [5, 5.41) is 23.2. The summed E-state index contributed by atoms with van der Waals surface area (Å²) >= 11 is 5.80. The molecule has 1 heterocycles. The molecule has 0 aromatic heterocycles. The summed E-state index contributed by atoms with van der Waals surface area (Å²) < 4.78 is 5.15. The average Bonchev–Trinajstić information content (AvgIpc) is 2.72. The van der Waals surface area contributed by atoms with Crippen LogP contribution in [0.15, 0.2) is 18.2 Å². The van der Waals surface area contributed by atoms with Crippen LogP contribution < -0.4 is 5.32 Å². The van der Waals surface area contributed by atoms with Crippen LogP contribution in [0.25, 0.3) is 0 Å². The van der Waals surface area contributed by atoms with Gasteiger partial charge in [-0.2, -0.15) is 0 Å². The smallest absolute Gasteiger partial charge is 0.138 e. The molecule has 0 spiro atoms. The van der Waals surface area contributed by atoms with E-state index in [2.05, 4.69) is 5.32 Å². The molecule has 1 aromatic carbocycles. The van der Waals surface area contributed by atoms with Crippen molar-refractivity contribution >= 4 is 11.6 Å². The third kappa shape index (κ3) is 3.10. The van der Waals surface area contributed by atoms with Crippen molar-refractivity contribution in [1.29, 1.82) is 0 Å². The van der Waals surface area contributed by atoms with Crippen molar-refractivity contribution in [2.45, 2.75) is 18.6 Å². The molecule has 0 aliphatic carbocycles. The molecule has 17 heavy (non-hydrogen) atoms. The molecule has 4 nitrogen and oxygen atoms in total. The van der Waals surface area contributed by atoms with Crippen molar-refractivity contribution in [3.8, 4) is 5.75 Å². The van der Waals surface area contributed by atoms with E-state index in [-0.39, 0.29) is 5.75 Å². The Balaban J connectivity index is 1.88. The van der Waals surface area contributed by atoms with E-state index in [1.165, 1.54) is 0 Å². The van der Waals surface area contributed by atoms with E-state index in [1.807, 2.05) is 0 Å². The summed E-state index contributed by atoms with van der Waals surface area (Å²) in [7, 11) is 0. The molecule has 1 aliphatic rings. The molecule has 1 saturated heterocycles. The highest BCUT2D eigenvalue weighted by molar-refractivity contribution is 6.32. The van der Waals surface area contributed by atoms with Crippen LogP contribution in [0.5, 0.6) is 5.75 Å². The van der Waals surface area contributed by atoms with Crippen molar-refractivity contribution in [1.82, 2.24) is 5.32 Å². The Morgan fingerprint density at radius 2 is 2.29 bits per heavy atom. The van der Waals surface area contributed by atoms with Crippen LogP contribution in [0.3, 0.4) is 0 Å². The minimum atomic E-state index is -0.784. The quantitative estimate of drug-likeness (QED) is 0.761. The van der Waals surface area contributed by atoms with Crippen LogP contribution in [0.4, 0.5) is 0 Å². The summed E-state index contributed by atoms with van der Waals surface area (Å²) in [5.74, 6) is 0.0938. The Morgan fingerprint density at radius 3 is 3.00 bits per heavy atom. The first-order valence-electron chi connectivity index (χ1n) is 5.58. The molecular formula is C12H16ClNO3. The first-order chi connectivity index (χ1) is 8.11. The van der Waals surface area contributed by atoms with Gasteiger partial charge in [0.25, 0.3) is 0 Å². The van der Waals surface area contributed by atoms with Crippen molar-refractivity contribution in [3.05, 3.63) is 28.8 Å². The Kier molecular flexibility index (Phi) is 3.89. The number of ether oxygens (including phenoxy) is 1. The number of phenols is 1. The van der Waals surface area contributed by atoms with Crippen molar-refractivity contribution < 1.29 is 14.9 Å². The van der Waals surface area contributed by atoms with E-state index < -0.39 is 5.60 Å². The fourth-order valence-corrected chi connectivity index (χ4v) is 2.06. The molecule has 1 atom stereocenters. The Morgan fingerprint density at radius 1 is 1.47 bits per heavy atom. The predicted molar refractivity (Wildman–Crippen MR) is 65.2 cm³/mol. The van der Waals surface area contributed by atoms with E-state index in [0.717, 1.165) is 5.56 Å². The second kappa shape index (κ2) is 5.23. The maximum atomic E-state index is 10.0. The maximum Gasteiger partial charge on any atom is 0.138 e. The first kappa shape index (κ1) is 12.6. The van der Waals surface area contributed by atoms with Crippen molar-refractivity contribution in [2.24, 2.45) is 0 Å². The number of halogens is 1. The van der Waals surface area contributed by atoms with E-state index in [1.54, 1.807) is 18.2 Å². The minimum Gasteiger partial charge on any atom is -0.506 e. The highest BCUT2D eigenvalue weighted by Gasteiger charge is 2.31. The summed E-state index contributed by atoms with van der Waals surface area (Å²) in [5.41, 5.74) is -0.0613. The number of aliphatic hydroxyl groups is 1. The second-order valence-corrected chi connectivity index (χ2v) is 4.79. The lowest BCUT2D eigenvalue weighted by atomic mass is 10.0. The fourth-order valence-electron chi connectivity index (χ4n) is 1.87. The van der Waals surface area contributed by atoms with Gasteiger partial charge in [-0.3, -0.25) is 0 Å². The van der Waals surface area contributed by atoms with Crippen LogP contribution in [0.2, 0.25) is 5.02 Å². The third-order valence-electron chi connectivity index (χ3n) is 2.92. The van der Waals surface area contributed by atoms with E-state index in [0.29, 0.717) is 37.7 Å². The maximum absolute atomic E-state index is 10.0. The van der Waals surface area contributed by atoms with Crippen LogP contribution in [0, 0.1) is 0 Å². The lowest BCUT2D eigenvalue weighted by Gasteiger charge is -2.20. The number of nitrogens with one attached hydrogen (secondary N) is 1. The van der Waals surface area contributed by atoms with E-state index in [9.17, 15) is 10.2 Å². The molecule has 1 aromatic rings. The van der Waals surface area contributed by atoms with Gasteiger partial charge >= 0.3 is 0 Å². The zero-order chi connectivity index (χ0) is 12.3. The van der Waals surface area contributed by atoms with Crippen LogP contribution in [-0.2, 0) is 11.3 Å². The van der Waals surface area contributed by atoms with E-state index in [4.69, 9.17) is 16.3 Å². The molecule has 0 amide bonds. The van der Waals surface area contributed by atoms with Gasteiger partial charge < -0.3 is 20.3 Å². The van der Waals surface area contributed by atoms with Gasteiger partial charge in [0.15, 0.2) is 0 Å². The molecule has 94 valence electrons. The normalized spacial score (nSPS) is 24.1. The SMILES string of the molecule is Oc1c(Cl)cccc1CNCC1(O)CCOC1. The van der Waals surface area contributed by atoms with Crippen molar-refractivity contribution in [2.75, 3.05) is 19.8 Å². The Hall–Kier alpha value is -0.810. The van der Waals surface area contributed by atoms with Gasteiger partial charge in [0.2, 0.25) is 0 Å². The fraction of sp³-hybridized carbons (Fsp3) is 0.500. The molecule has 0 bridgehead atoms. The molecule has 1 aliphatic heterocycles. The topological polar surface area (TPSA) is 61.7 Å². The molecule has 1 unspecified atom stereocenters. The van der Waals surface area contributed by atoms with Gasteiger partial charge in [0.1, 0.15) is 11.4 Å². The van der Waals surface area contributed by atoms with Crippen LogP contribution in [0.1, 0.15) is 12.0 Å². The third-order valence-corrected chi connectivity index (χ3v) is 3.23. The van der Waals surface area contributed by atoms with Gasteiger partial charge in [-0.1, -0.05) is 23.7 Å². The molecule has 3 N–H and O–H groups in total. The lowest BCUT2D eigenvalue weighted by Crippen LogP contribution is -2.40. The van der Waals surface area contributed by atoms with E-state index >= 15 is 0 Å². The monoisotopic (exact) mass is 257 g/mol. The van der Waals surface area contributed by atoms with Gasteiger partial charge in [-0.15, -0.1) is 0 Å². The van der Waals surface area contributed by atoms with Gasteiger partial charge in [0.05, 0.1) is 11.6 Å². The number of benzene rings is 1. The molecule has 2 rings (SSSR count). The van der Waals surface area contributed by atoms with Crippen LogP contribution >= 0.6 is 11.6 Å².